The second-order valence-electron chi connectivity index (χ2n) is 5.21. The van der Waals surface area contributed by atoms with Crippen molar-refractivity contribution < 1.29 is 0 Å². The molecular weight excluding hydrogens is 298 g/mol. The third-order valence-corrected chi connectivity index (χ3v) is 4.04. The van der Waals surface area contributed by atoms with Gasteiger partial charge in [-0.3, -0.25) is 4.57 Å². The van der Waals surface area contributed by atoms with Gasteiger partial charge >= 0.3 is 5.69 Å². The van der Waals surface area contributed by atoms with Gasteiger partial charge in [0.25, 0.3) is 0 Å². The Morgan fingerprint density at radius 2 is 1.73 bits per heavy atom. The molecule has 0 N–H and O–H groups in total. The van der Waals surface area contributed by atoms with Gasteiger partial charge in [0, 0.05) is 7.05 Å². The van der Waals surface area contributed by atoms with Gasteiger partial charge in [0.1, 0.15) is 0 Å². The van der Waals surface area contributed by atoms with Crippen LogP contribution in [0.3, 0.4) is 0 Å². The van der Waals surface area contributed by atoms with Gasteiger partial charge < -0.3 is 0 Å². The predicted octanol–water partition coefficient (Wildman–Crippen LogP) is 3.51. The Kier molecular flexibility index (Phi) is 3.86. The molecule has 0 aliphatic heterocycles. The van der Waals surface area contributed by atoms with Crippen LogP contribution in [0.15, 0.2) is 59.4 Å². The number of halogens is 1. The molecule has 0 spiro atoms. The van der Waals surface area contributed by atoms with E-state index in [0.717, 1.165) is 16.7 Å². The lowest BCUT2D eigenvalue weighted by molar-refractivity contribution is 0.600. The minimum Gasteiger partial charge on any atom is -0.258 e. The first kappa shape index (κ1) is 14.6. The smallest absolute Gasteiger partial charge is 0.258 e. The highest BCUT2D eigenvalue weighted by Crippen LogP contribution is 2.25. The summed E-state index contributed by atoms with van der Waals surface area (Å²) in [6.07, 6.45) is 0. The fourth-order valence-electron chi connectivity index (χ4n) is 2.53. The number of nitrogens with zero attached hydrogens (tertiary/aromatic N) is 3. The van der Waals surface area contributed by atoms with E-state index in [2.05, 4.69) is 29.4 Å². The highest BCUT2D eigenvalue weighted by Gasteiger charge is 2.17. The standard InChI is InChI=1S/C17H16ClN3O/c1-12(21-16(18)19-20(2)17(21)22)14-9-6-10-15(11-14)13-7-4-3-5-8-13/h3-12H,1-2H3. The summed E-state index contributed by atoms with van der Waals surface area (Å²) in [5.74, 6) is 0. The first-order chi connectivity index (χ1) is 10.6. The summed E-state index contributed by atoms with van der Waals surface area (Å²) in [4.78, 5) is 12.1. The van der Waals surface area contributed by atoms with Crippen molar-refractivity contribution in [3.63, 3.8) is 0 Å². The summed E-state index contributed by atoms with van der Waals surface area (Å²) in [5, 5.41) is 4.17. The molecule has 0 bridgehead atoms. The molecule has 0 fully saturated rings. The third-order valence-electron chi connectivity index (χ3n) is 3.78. The molecule has 4 nitrogen and oxygen atoms in total. The van der Waals surface area contributed by atoms with Crippen LogP contribution in [0, 0.1) is 0 Å². The lowest BCUT2D eigenvalue weighted by Gasteiger charge is -2.14. The van der Waals surface area contributed by atoms with Gasteiger partial charge in [0.05, 0.1) is 6.04 Å². The summed E-state index contributed by atoms with van der Waals surface area (Å²) in [7, 11) is 1.60. The molecule has 0 radical (unpaired) electrons. The van der Waals surface area contributed by atoms with E-state index in [9.17, 15) is 4.79 Å². The SMILES string of the molecule is CC(c1cccc(-c2ccccc2)c1)n1c(Cl)nn(C)c1=O. The van der Waals surface area contributed by atoms with Crippen LogP contribution in [0.25, 0.3) is 11.1 Å². The monoisotopic (exact) mass is 313 g/mol. The van der Waals surface area contributed by atoms with E-state index in [0.29, 0.717) is 0 Å². The number of benzene rings is 2. The topological polar surface area (TPSA) is 39.8 Å². The molecule has 2 aromatic carbocycles. The van der Waals surface area contributed by atoms with Crippen molar-refractivity contribution in [2.24, 2.45) is 7.05 Å². The number of aromatic nitrogens is 3. The Balaban J connectivity index is 2.04. The Bertz CT molecular complexity index is 852. The Hall–Kier alpha value is -2.33. The summed E-state index contributed by atoms with van der Waals surface area (Å²) in [6, 6.07) is 18.1. The highest BCUT2D eigenvalue weighted by atomic mass is 35.5. The van der Waals surface area contributed by atoms with Gasteiger partial charge in [-0.15, -0.1) is 5.10 Å². The van der Waals surface area contributed by atoms with Crippen LogP contribution in [0.5, 0.6) is 0 Å². The lowest BCUT2D eigenvalue weighted by atomic mass is 10.0. The van der Waals surface area contributed by atoms with Crippen molar-refractivity contribution in [2.45, 2.75) is 13.0 Å². The van der Waals surface area contributed by atoms with E-state index < -0.39 is 0 Å². The first-order valence-electron chi connectivity index (χ1n) is 7.04. The van der Waals surface area contributed by atoms with Gasteiger partial charge in [-0.25, -0.2) is 9.48 Å². The maximum Gasteiger partial charge on any atom is 0.347 e. The van der Waals surface area contributed by atoms with Crippen LogP contribution in [-0.4, -0.2) is 14.3 Å². The summed E-state index contributed by atoms with van der Waals surface area (Å²) in [5.41, 5.74) is 3.04. The van der Waals surface area contributed by atoms with Crippen LogP contribution in [0.1, 0.15) is 18.5 Å². The average Bonchev–Trinajstić information content (AvgIpc) is 2.80. The summed E-state index contributed by atoms with van der Waals surface area (Å²) in [6.45, 7) is 1.94. The fourth-order valence-corrected chi connectivity index (χ4v) is 2.86. The van der Waals surface area contributed by atoms with Gasteiger partial charge in [-0.05, 0) is 41.3 Å². The van der Waals surface area contributed by atoms with E-state index in [-0.39, 0.29) is 17.0 Å². The molecule has 3 aromatic rings. The zero-order valence-corrected chi connectivity index (χ0v) is 13.2. The number of aryl methyl sites for hydroxylation is 1. The molecule has 0 amide bonds. The molecule has 1 atom stereocenters. The van der Waals surface area contributed by atoms with Crippen LogP contribution >= 0.6 is 11.6 Å². The second kappa shape index (κ2) is 5.81. The Morgan fingerprint density at radius 3 is 2.36 bits per heavy atom. The molecule has 1 unspecified atom stereocenters. The quantitative estimate of drug-likeness (QED) is 0.742. The van der Waals surface area contributed by atoms with Gasteiger partial charge in [-0.2, -0.15) is 0 Å². The maximum atomic E-state index is 12.1. The average molecular weight is 314 g/mol. The van der Waals surface area contributed by atoms with Gasteiger partial charge in [-0.1, -0.05) is 48.5 Å². The van der Waals surface area contributed by atoms with Crippen molar-refractivity contribution >= 4 is 11.6 Å². The normalized spacial score (nSPS) is 12.3. The molecule has 0 aliphatic carbocycles. The van der Waals surface area contributed by atoms with Crippen LogP contribution < -0.4 is 5.69 Å². The maximum absolute atomic E-state index is 12.1. The second-order valence-corrected chi connectivity index (χ2v) is 5.55. The molecule has 5 heteroatoms. The van der Waals surface area contributed by atoms with Gasteiger partial charge in [0.15, 0.2) is 0 Å². The third kappa shape index (κ3) is 2.57. The molecule has 22 heavy (non-hydrogen) atoms. The van der Waals surface area contributed by atoms with Crippen molar-refractivity contribution in [3.8, 4) is 11.1 Å². The van der Waals surface area contributed by atoms with Gasteiger partial charge in [0.2, 0.25) is 5.28 Å². The zero-order chi connectivity index (χ0) is 15.7. The molecule has 0 saturated heterocycles. The molecule has 1 heterocycles. The predicted molar refractivity (Wildman–Crippen MR) is 88.2 cm³/mol. The van der Waals surface area contributed by atoms with Crippen LogP contribution in [0.2, 0.25) is 5.28 Å². The van der Waals surface area contributed by atoms with E-state index in [4.69, 9.17) is 11.6 Å². The molecule has 0 aliphatic rings. The summed E-state index contributed by atoms with van der Waals surface area (Å²) < 4.78 is 2.74. The van der Waals surface area contributed by atoms with Crippen molar-refractivity contribution in [3.05, 3.63) is 75.9 Å². The highest BCUT2D eigenvalue weighted by molar-refractivity contribution is 6.28. The molecule has 1 aromatic heterocycles. The van der Waals surface area contributed by atoms with Crippen molar-refractivity contribution in [1.29, 1.82) is 0 Å². The number of hydrogen-bond donors (Lipinski definition) is 0. The van der Waals surface area contributed by atoms with Crippen molar-refractivity contribution in [1.82, 2.24) is 14.3 Å². The molecule has 3 rings (SSSR count). The first-order valence-corrected chi connectivity index (χ1v) is 7.42. The Labute approximate surface area is 133 Å². The van der Waals surface area contributed by atoms with E-state index in [1.54, 1.807) is 7.05 Å². The fraction of sp³-hybridized carbons (Fsp3) is 0.176. The minimum absolute atomic E-state index is 0.183. The lowest BCUT2D eigenvalue weighted by Crippen LogP contribution is -2.25. The van der Waals surface area contributed by atoms with Crippen molar-refractivity contribution in [2.75, 3.05) is 0 Å². The molecular formula is C17H16ClN3O. The number of rotatable bonds is 3. The van der Waals surface area contributed by atoms with E-state index in [1.807, 2.05) is 37.3 Å². The summed E-state index contributed by atoms with van der Waals surface area (Å²) >= 11 is 6.08. The molecule has 0 saturated carbocycles. The van der Waals surface area contributed by atoms with Crippen LogP contribution in [0.4, 0.5) is 0 Å². The largest absolute Gasteiger partial charge is 0.347 e. The molecule has 112 valence electrons. The van der Waals surface area contributed by atoms with E-state index in [1.165, 1.54) is 9.25 Å². The Morgan fingerprint density at radius 1 is 1.05 bits per heavy atom. The minimum atomic E-state index is -0.220. The zero-order valence-electron chi connectivity index (χ0n) is 12.4. The van der Waals surface area contributed by atoms with Crippen LogP contribution in [-0.2, 0) is 7.05 Å². The van der Waals surface area contributed by atoms with E-state index >= 15 is 0 Å². The number of hydrogen-bond acceptors (Lipinski definition) is 2.